The van der Waals surface area contributed by atoms with Gasteiger partial charge in [0.15, 0.2) is 0 Å². The molecule has 4 nitrogen and oxygen atoms in total. The molecule has 1 fully saturated rings. The fourth-order valence-electron chi connectivity index (χ4n) is 2.55. The summed E-state index contributed by atoms with van der Waals surface area (Å²) < 4.78 is 0. The molecule has 1 aliphatic carbocycles. The van der Waals surface area contributed by atoms with Crippen LogP contribution in [0.2, 0.25) is 0 Å². The summed E-state index contributed by atoms with van der Waals surface area (Å²) in [5, 5.41) is 19.0. The van der Waals surface area contributed by atoms with E-state index in [2.05, 4.69) is 0 Å². The van der Waals surface area contributed by atoms with Crippen LogP contribution >= 0.6 is 0 Å². The number of aliphatic hydroxyl groups is 1. The second-order valence-electron chi connectivity index (χ2n) is 4.87. The van der Waals surface area contributed by atoms with E-state index in [4.69, 9.17) is 0 Å². The molecule has 0 unspecified atom stereocenters. The summed E-state index contributed by atoms with van der Waals surface area (Å²) in [6, 6.07) is 9.52. The Balaban J connectivity index is 2.06. The molecule has 1 amide bonds. The van der Waals surface area contributed by atoms with Gasteiger partial charge in [0.1, 0.15) is 0 Å². The van der Waals surface area contributed by atoms with Crippen molar-refractivity contribution in [2.75, 3.05) is 0 Å². The summed E-state index contributed by atoms with van der Waals surface area (Å²) in [6.45, 7) is 0.396. The van der Waals surface area contributed by atoms with Gasteiger partial charge in [-0.2, -0.15) is 0 Å². The molecule has 98 valence electrons. The molecule has 0 radical (unpaired) electrons. The van der Waals surface area contributed by atoms with Crippen LogP contribution in [0.5, 0.6) is 0 Å². The van der Waals surface area contributed by atoms with Gasteiger partial charge < -0.3 is 15.1 Å². The second-order valence-corrected chi connectivity index (χ2v) is 4.87. The highest BCUT2D eigenvalue weighted by Crippen LogP contribution is 2.24. The summed E-state index contributed by atoms with van der Waals surface area (Å²) in [4.78, 5) is 12.8. The highest BCUT2D eigenvalue weighted by Gasteiger charge is 2.28. The van der Waals surface area contributed by atoms with Gasteiger partial charge in [-0.25, -0.2) is 4.79 Å². The normalized spacial score (nSPS) is 23.6. The Morgan fingerprint density at radius 2 is 2.00 bits per heavy atom. The minimum atomic E-state index is -0.905. The van der Waals surface area contributed by atoms with Crippen LogP contribution in [0.15, 0.2) is 30.3 Å². The van der Waals surface area contributed by atoms with Crippen molar-refractivity contribution in [1.29, 1.82) is 0 Å². The average molecular weight is 249 g/mol. The Labute approximate surface area is 107 Å². The van der Waals surface area contributed by atoms with E-state index in [0.717, 1.165) is 24.8 Å². The first-order chi connectivity index (χ1) is 8.66. The maximum absolute atomic E-state index is 11.4. The number of rotatable bonds is 3. The highest BCUT2D eigenvalue weighted by atomic mass is 16.4. The number of benzene rings is 1. The highest BCUT2D eigenvalue weighted by molar-refractivity contribution is 5.65. The van der Waals surface area contributed by atoms with Crippen molar-refractivity contribution >= 4 is 6.09 Å². The first-order valence-electron chi connectivity index (χ1n) is 6.38. The predicted octanol–water partition coefficient (Wildman–Crippen LogP) is 2.47. The van der Waals surface area contributed by atoms with Gasteiger partial charge >= 0.3 is 6.09 Å². The van der Waals surface area contributed by atoms with Crippen molar-refractivity contribution in [3.8, 4) is 0 Å². The molecule has 0 aliphatic heterocycles. The maximum atomic E-state index is 11.4. The lowest BCUT2D eigenvalue weighted by Gasteiger charge is -2.34. The standard InChI is InChI=1S/C14H19NO3/c16-13-8-4-7-12(9-13)15(14(17)18)10-11-5-2-1-3-6-11/h1-3,5-6,12-13,16H,4,7-10H2,(H,17,18)/t12-,13+/m0/s1. The fourth-order valence-corrected chi connectivity index (χ4v) is 2.55. The molecule has 2 rings (SSSR count). The number of aliphatic hydroxyl groups excluding tert-OH is 1. The van der Waals surface area contributed by atoms with E-state index >= 15 is 0 Å². The van der Waals surface area contributed by atoms with Crippen LogP contribution in [0.25, 0.3) is 0 Å². The molecule has 0 heterocycles. The average Bonchev–Trinajstić information content (AvgIpc) is 2.37. The van der Waals surface area contributed by atoms with Gasteiger partial charge in [-0.1, -0.05) is 30.3 Å². The molecule has 0 saturated heterocycles. The Bertz CT molecular complexity index is 393. The molecule has 1 aromatic rings. The van der Waals surface area contributed by atoms with Gasteiger partial charge in [0.2, 0.25) is 0 Å². The van der Waals surface area contributed by atoms with Crippen LogP contribution in [0.4, 0.5) is 4.79 Å². The van der Waals surface area contributed by atoms with Gasteiger partial charge in [0, 0.05) is 12.6 Å². The third kappa shape index (κ3) is 3.23. The molecule has 1 saturated carbocycles. The van der Waals surface area contributed by atoms with Gasteiger partial charge in [-0.05, 0) is 31.2 Å². The lowest BCUT2D eigenvalue weighted by molar-refractivity contribution is 0.0567. The third-order valence-corrected chi connectivity index (χ3v) is 3.50. The SMILES string of the molecule is O=C(O)N(Cc1ccccc1)[C@H]1CCC[C@@H](O)C1. The van der Waals surface area contributed by atoms with Crippen molar-refractivity contribution < 1.29 is 15.0 Å². The maximum Gasteiger partial charge on any atom is 0.407 e. The quantitative estimate of drug-likeness (QED) is 0.865. The van der Waals surface area contributed by atoms with Crippen LogP contribution < -0.4 is 0 Å². The smallest absolute Gasteiger partial charge is 0.407 e. The molecule has 0 spiro atoms. The van der Waals surface area contributed by atoms with E-state index in [0.29, 0.717) is 13.0 Å². The molecule has 4 heteroatoms. The zero-order chi connectivity index (χ0) is 13.0. The number of amides is 1. The second kappa shape index (κ2) is 5.87. The first kappa shape index (κ1) is 12.9. The lowest BCUT2D eigenvalue weighted by atomic mass is 9.92. The van der Waals surface area contributed by atoms with Crippen molar-refractivity contribution in [3.05, 3.63) is 35.9 Å². The van der Waals surface area contributed by atoms with Crippen molar-refractivity contribution in [3.63, 3.8) is 0 Å². The molecule has 2 atom stereocenters. The summed E-state index contributed by atoms with van der Waals surface area (Å²) in [5.41, 5.74) is 0.986. The van der Waals surface area contributed by atoms with Crippen molar-refractivity contribution in [1.82, 2.24) is 4.90 Å². The molecule has 1 aromatic carbocycles. The minimum Gasteiger partial charge on any atom is -0.465 e. The van der Waals surface area contributed by atoms with Gasteiger partial charge in [-0.15, -0.1) is 0 Å². The van der Waals surface area contributed by atoms with E-state index in [9.17, 15) is 15.0 Å². The van der Waals surface area contributed by atoms with Crippen LogP contribution in [0, 0.1) is 0 Å². The van der Waals surface area contributed by atoms with E-state index in [1.807, 2.05) is 30.3 Å². The van der Waals surface area contributed by atoms with Gasteiger partial charge in [0.05, 0.1) is 6.10 Å². The number of hydrogen-bond donors (Lipinski definition) is 2. The Kier molecular flexibility index (Phi) is 4.20. The number of carboxylic acid groups (broad SMARTS) is 1. The van der Waals surface area contributed by atoms with Crippen LogP contribution in [0.1, 0.15) is 31.2 Å². The molecule has 0 aromatic heterocycles. The van der Waals surface area contributed by atoms with Crippen molar-refractivity contribution in [2.45, 2.75) is 44.4 Å². The van der Waals surface area contributed by atoms with Gasteiger partial charge in [0.25, 0.3) is 0 Å². The molecule has 18 heavy (non-hydrogen) atoms. The molecule has 2 N–H and O–H groups in total. The molecule has 1 aliphatic rings. The Hall–Kier alpha value is -1.55. The van der Waals surface area contributed by atoms with Crippen molar-refractivity contribution in [2.24, 2.45) is 0 Å². The largest absolute Gasteiger partial charge is 0.465 e. The zero-order valence-corrected chi connectivity index (χ0v) is 10.3. The lowest BCUT2D eigenvalue weighted by Crippen LogP contribution is -2.42. The van der Waals surface area contributed by atoms with E-state index in [-0.39, 0.29) is 12.1 Å². The molecular formula is C14H19NO3. The van der Waals surface area contributed by atoms with E-state index in [1.165, 1.54) is 4.90 Å². The number of carbonyl (C=O) groups is 1. The number of hydrogen-bond acceptors (Lipinski definition) is 2. The predicted molar refractivity (Wildman–Crippen MR) is 68.3 cm³/mol. The third-order valence-electron chi connectivity index (χ3n) is 3.50. The van der Waals surface area contributed by atoms with E-state index in [1.54, 1.807) is 0 Å². The van der Waals surface area contributed by atoms with Crippen LogP contribution in [-0.4, -0.2) is 33.4 Å². The molecular weight excluding hydrogens is 230 g/mol. The summed E-state index contributed by atoms with van der Waals surface area (Å²) in [6.07, 6.45) is 1.81. The summed E-state index contributed by atoms with van der Waals surface area (Å²) in [5.74, 6) is 0. The monoisotopic (exact) mass is 249 g/mol. The first-order valence-corrected chi connectivity index (χ1v) is 6.38. The minimum absolute atomic E-state index is 0.0635. The zero-order valence-electron chi connectivity index (χ0n) is 10.3. The van der Waals surface area contributed by atoms with Crippen LogP contribution in [0.3, 0.4) is 0 Å². The van der Waals surface area contributed by atoms with Gasteiger partial charge in [-0.3, -0.25) is 0 Å². The Morgan fingerprint density at radius 3 is 2.61 bits per heavy atom. The molecule has 0 bridgehead atoms. The topological polar surface area (TPSA) is 60.8 Å². The summed E-state index contributed by atoms with van der Waals surface area (Å²) >= 11 is 0. The summed E-state index contributed by atoms with van der Waals surface area (Å²) in [7, 11) is 0. The number of nitrogens with zero attached hydrogens (tertiary/aromatic N) is 1. The fraction of sp³-hybridized carbons (Fsp3) is 0.500. The Morgan fingerprint density at radius 1 is 1.28 bits per heavy atom. The van der Waals surface area contributed by atoms with E-state index < -0.39 is 6.09 Å². The van der Waals surface area contributed by atoms with Crippen LogP contribution in [-0.2, 0) is 6.54 Å².